The van der Waals surface area contributed by atoms with E-state index in [4.69, 9.17) is 5.73 Å². The SMILES string of the molecule is C=CC(=O)N1CCc2c(cccc2-c2c(F)cc(C(N)=O)c3c2C2CC(F)(F)CC=C2N3)C1. The van der Waals surface area contributed by atoms with Gasteiger partial charge in [0.1, 0.15) is 5.82 Å². The minimum absolute atomic E-state index is 0.0579. The molecule has 3 aliphatic rings. The van der Waals surface area contributed by atoms with Crippen LogP contribution in [0.3, 0.4) is 0 Å². The van der Waals surface area contributed by atoms with E-state index in [1.807, 2.05) is 6.07 Å². The maximum absolute atomic E-state index is 15.6. The predicted molar refractivity (Wildman–Crippen MR) is 118 cm³/mol. The second-order valence-electron chi connectivity index (χ2n) is 8.69. The molecule has 1 atom stereocenters. The summed E-state index contributed by atoms with van der Waals surface area (Å²) in [6.07, 6.45) is 2.25. The zero-order valence-corrected chi connectivity index (χ0v) is 17.8. The Kier molecular flexibility index (Phi) is 4.84. The number of halogens is 3. The van der Waals surface area contributed by atoms with Crippen molar-refractivity contribution in [3.05, 3.63) is 76.8 Å². The van der Waals surface area contributed by atoms with Crippen LogP contribution in [0.1, 0.15) is 45.8 Å². The lowest BCUT2D eigenvalue weighted by Gasteiger charge is -2.30. The van der Waals surface area contributed by atoms with E-state index in [0.29, 0.717) is 42.0 Å². The molecular formula is C25H22F3N3O2. The summed E-state index contributed by atoms with van der Waals surface area (Å²) < 4.78 is 44.3. The van der Waals surface area contributed by atoms with E-state index in [9.17, 15) is 18.4 Å². The summed E-state index contributed by atoms with van der Waals surface area (Å²) >= 11 is 0. The van der Waals surface area contributed by atoms with Gasteiger partial charge in [-0.25, -0.2) is 13.2 Å². The van der Waals surface area contributed by atoms with Crippen LogP contribution in [0.15, 0.2) is 48.7 Å². The van der Waals surface area contributed by atoms with Crippen molar-refractivity contribution in [1.82, 2.24) is 4.90 Å². The fourth-order valence-electron chi connectivity index (χ4n) is 5.22. The van der Waals surface area contributed by atoms with E-state index in [2.05, 4.69) is 11.9 Å². The number of primary amides is 1. The van der Waals surface area contributed by atoms with Gasteiger partial charge >= 0.3 is 0 Å². The highest BCUT2D eigenvalue weighted by Gasteiger charge is 2.44. The molecule has 3 N–H and O–H groups in total. The summed E-state index contributed by atoms with van der Waals surface area (Å²) in [6, 6.07) is 6.47. The summed E-state index contributed by atoms with van der Waals surface area (Å²) in [5, 5.41) is 3.07. The maximum Gasteiger partial charge on any atom is 0.252 e. The monoisotopic (exact) mass is 453 g/mol. The summed E-state index contributed by atoms with van der Waals surface area (Å²) in [6.45, 7) is 4.31. The number of anilines is 1. The standard InChI is InChI=1S/C25H22F3N3O2/c1-2-20(32)31-9-7-14-13(12-31)4-3-5-15(14)21-18(26)10-16(24(29)33)23-22(21)17-11-25(27,28)8-6-19(17)30-23/h2-6,10,17,30H,1,7-9,11-12H2,(H2,29,33). The second-order valence-corrected chi connectivity index (χ2v) is 8.69. The summed E-state index contributed by atoms with van der Waals surface area (Å²) in [4.78, 5) is 25.8. The molecule has 1 aliphatic carbocycles. The molecule has 0 saturated heterocycles. The van der Waals surface area contributed by atoms with Gasteiger partial charge in [-0.15, -0.1) is 0 Å². The molecule has 0 bridgehead atoms. The number of carbonyl (C=O) groups is 2. The largest absolute Gasteiger partial charge is 0.366 e. The lowest BCUT2D eigenvalue weighted by Crippen LogP contribution is -2.35. The van der Waals surface area contributed by atoms with Gasteiger partial charge in [-0.3, -0.25) is 9.59 Å². The molecule has 8 heteroatoms. The molecule has 2 aliphatic heterocycles. The molecule has 33 heavy (non-hydrogen) atoms. The first-order valence-electron chi connectivity index (χ1n) is 10.7. The zero-order valence-electron chi connectivity index (χ0n) is 17.8. The van der Waals surface area contributed by atoms with Gasteiger partial charge in [-0.05, 0) is 40.8 Å². The van der Waals surface area contributed by atoms with Gasteiger partial charge in [0, 0.05) is 43.1 Å². The Labute approximate surface area is 188 Å². The van der Waals surface area contributed by atoms with Crippen molar-refractivity contribution in [3.8, 4) is 11.1 Å². The lowest BCUT2D eigenvalue weighted by atomic mass is 9.80. The third-order valence-electron chi connectivity index (χ3n) is 6.72. The predicted octanol–water partition coefficient (Wildman–Crippen LogP) is 4.48. The van der Waals surface area contributed by atoms with Crippen LogP contribution >= 0.6 is 0 Å². The normalized spacial score (nSPS) is 20.2. The summed E-state index contributed by atoms with van der Waals surface area (Å²) in [5.74, 6) is -5.41. The number of hydrogen-bond acceptors (Lipinski definition) is 3. The van der Waals surface area contributed by atoms with E-state index < -0.39 is 36.4 Å². The van der Waals surface area contributed by atoms with E-state index in [0.717, 1.165) is 17.2 Å². The molecule has 5 rings (SSSR count). The topological polar surface area (TPSA) is 75.4 Å². The molecule has 2 aromatic rings. The third-order valence-corrected chi connectivity index (χ3v) is 6.72. The van der Waals surface area contributed by atoms with E-state index in [1.54, 1.807) is 17.0 Å². The fourth-order valence-corrected chi connectivity index (χ4v) is 5.22. The summed E-state index contributed by atoms with van der Waals surface area (Å²) in [7, 11) is 0. The van der Waals surface area contributed by atoms with Gasteiger partial charge in [-0.1, -0.05) is 30.9 Å². The van der Waals surface area contributed by atoms with Crippen molar-refractivity contribution in [2.45, 2.75) is 37.6 Å². The molecule has 170 valence electrons. The first kappa shape index (κ1) is 21.3. The van der Waals surface area contributed by atoms with Gasteiger partial charge < -0.3 is 16.0 Å². The number of hydrogen-bond donors (Lipinski definition) is 2. The Morgan fingerprint density at radius 1 is 1.30 bits per heavy atom. The molecule has 0 saturated carbocycles. The number of benzene rings is 2. The maximum atomic E-state index is 15.6. The van der Waals surface area contributed by atoms with Gasteiger partial charge in [0.05, 0.1) is 11.3 Å². The molecule has 2 amide bonds. The Bertz CT molecular complexity index is 1250. The van der Waals surface area contributed by atoms with Crippen LogP contribution in [0, 0.1) is 5.82 Å². The highest BCUT2D eigenvalue weighted by molar-refractivity contribution is 6.03. The zero-order chi connectivity index (χ0) is 23.5. The van der Waals surface area contributed by atoms with Crippen LogP contribution in [0.4, 0.5) is 18.9 Å². The number of amides is 2. The van der Waals surface area contributed by atoms with Gasteiger partial charge in [0.2, 0.25) is 5.91 Å². The van der Waals surface area contributed by atoms with Crippen LogP contribution in [0.2, 0.25) is 0 Å². The Morgan fingerprint density at radius 3 is 2.82 bits per heavy atom. The number of nitrogens with one attached hydrogen (secondary N) is 1. The molecular weight excluding hydrogens is 431 g/mol. The van der Waals surface area contributed by atoms with Crippen LogP contribution in [0.25, 0.3) is 11.1 Å². The Balaban J connectivity index is 1.71. The average molecular weight is 453 g/mol. The second kappa shape index (κ2) is 7.50. The molecule has 0 radical (unpaired) electrons. The van der Waals surface area contributed by atoms with Crippen molar-refractivity contribution >= 4 is 17.5 Å². The van der Waals surface area contributed by atoms with Crippen LogP contribution in [-0.2, 0) is 17.8 Å². The first-order chi connectivity index (χ1) is 15.7. The molecule has 1 unspecified atom stereocenters. The minimum atomic E-state index is -2.93. The lowest BCUT2D eigenvalue weighted by molar-refractivity contribution is -0.126. The highest BCUT2D eigenvalue weighted by Crippen LogP contribution is 2.54. The Hall–Kier alpha value is -3.55. The number of alkyl halides is 2. The molecule has 2 aromatic carbocycles. The van der Waals surface area contributed by atoms with Crippen LogP contribution in [0.5, 0.6) is 0 Å². The molecule has 2 heterocycles. The smallest absolute Gasteiger partial charge is 0.252 e. The fraction of sp³-hybridized carbons (Fsp3) is 0.280. The molecule has 0 spiro atoms. The number of carbonyl (C=O) groups excluding carboxylic acids is 2. The first-order valence-corrected chi connectivity index (χ1v) is 10.7. The Morgan fingerprint density at radius 2 is 2.09 bits per heavy atom. The minimum Gasteiger partial charge on any atom is -0.366 e. The van der Waals surface area contributed by atoms with Crippen molar-refractivity contribution in [2.75, 3.05) is 11.9 Å². The highest BCUT2D eigenvalue weighted by atomic mass is 19.3. The average Bonchev–Trinajstić information content (AvgIpc) is 3.14. The quantitative estimate of drug-likeness (QED) is 0.673. The van der Waals surface area contributed by atoms with Crippen molar-refractivity contribution in [1.29, 1.82) is 0 Å². The van der Waals surface area contributed by atoms with Gasteiger partial charge in [-0.2, -0.15) is 0 Å². The number of fused-ring (bicyclic) bond motifs is 4. The summed E-state index contributed by atoms with van der Waals surface area (Å²) in [5.41, 5.74) is 9.12. The van der Waals surface area contributed by atoms with Crippen LogP contribution in [-0.4, -0.2) is 29.2 Å². The molecule has 0 aromatic heterocycles. The number of rotatable bonds is 3. The molecule has 5 nitrogen and oxygen atoms in total. The molecule has 0 fully saturated rings. The van der Waals surface area contributed by atoms with Gasteiger partial charge in [0.25, 0.3) is 11.8 Å². The number of allylic oxidation sites excluding steroid dienone is 2. The van der Waals surface area contributed by atoms with E-state index in [1.165, 1.54) is 12.2 Å². The number of nitrogens with two attached hydrogens (primary N) is 1. The van der Waals surface area contributed by atoms with Crippen molar-refractivity contribution in [3.63, 3.8) is 0 Å². The van der Waals surface area contributed by atoms with Gasteiger partial charge in [0.15, 0.2) is 0 Å². The number of nitrogens with zero attached hydrogens (tertiary/aromatic N) is 1. The van der Waals surface area contributed by atoms with E-state index >= 15 is 4.39 Å². The van der Waals surface area contributed by atoms with E-state index in [-0.39, 0.29) is 17.0 Å². The third kappa shape index (κ3) is 3.41. The van der Waals surface area contributed by atoms with Crippen LogP contribution < -0.4 is 11.1 Å². The van der Waals surface area contributed by atoms with Crippen molar-refractivity contribution in [2.24, 2.45) is 5.73 Å². The van der Waals surface area contributed by atoms with Crippen molar-refractivity contribution < 1.29 is 22.8 Å².